The topological polar surface area (TPSA) is 73.3 Å². The van der Waals surface area contributed by atoms with Gasteiger partial charge in [0.2, 0.25) is 0 Å². The fraction of sp³-hybridized carbons (Fsp3) is 0.579. The molecule has 1 aromatic heterocycles. The van der Waals surface area contributed by atoms with Crippen LogP contribution in [0.5, 0.6) is 0 Å². The molecule has 1 heterocycles. The van der Waals surface area contributed by atoms with Gasteiger partial charge in [-0.2, -0.15) is 0 Å². The third kappa shape index (κ3) is 5.96. The lowest BCUT2D eigenvalue weighted by molar-refractivity contribution is -0.414. The zero-order chi connectivity index (χ0) is 19.6. The summed E-state index contributed by atoms with van der Waals surface area (Å²) in [5.41, 5.74) is 3.19. The zero-order valence-corrected chi connectivity index (χ0v) is 16.9. The number of aromatic nitrogens is 2. The second-order valence-corrected chi connectivity index (χ2v) is 5.38. The number of nitro groups is 1. The molecule has 1 rings (SSSR count). The molecule has 140 valence electrons. The molecular weight excluding hydrogens is 316 g/mol. The van der Waals surface area contributed by atoms with E-state index < -0.39 is 0 Å². The first-order chi connectivity index (χ1) is 11.9. The maximum atomic E-state index is 11.7. The van der Waals surface area contributed by atoms with E-state index in [1.807, 2.05) is 41.5 Å². The van der Waals surface area contributed by atoms with E-state index in [0.29, 0.717) is 23.7 Å². The molecule has 6 nitrogen and oxygen atoms in total. The molecule has 0 amide bonds. The Morgan fingerprint density at radius 1 is 1.20 bits per heavy atom. The Balaban J connectivity index is 0.00000277. The molecule has 0 bridgehead atoms. The van der Waals surface area contributed by atoms with Gasteiger partial charge in [-0.25, -0.2) is 4.98 Å². The number of rotatable bonds is 7. The Labute approximate surface area is 151 Å². The molecule has 0 aromatic carbocycles. The van der Waals surface area contributed by atoms with Crippen molar-refractivity contribution in [1.82, 2.24) is 9.55 Å². The van der Waals surface area contributed by atoms with Gasteiger partial charge < -0.3 is 4.57 Å². The molecule has 1 aromatic rings. The summed E-state index contributed by atoms with van der Waals surface area (Å²) in [6.45, 7) is 15.6. The van der Waals surface area contributed by atoms with Gasteiger partial charge in [-0.3, -0.25) is 15.1 Å². The highest BCUT2D eigenvalue weighted by Gasteiger charge is 2.24. The third-order valence-electron chi connectivity index (χ3n) is 3.95. The molecule has 0 fully saturated rings. The largest absolute Gasteiger partial charge is 0.309 e. The van der Waals surface area contributed by atoms with Crippen molar-refractivity contribution in [1.29, 1.82) is 0 Å². The molecule has 0 radical (unpaired) electrons. The van der Waals surface area contributed by atoms with Crippen molar-refractivity contribution in [3.05, 3.63) is 45.3 Å². The second-order valence-electron chi connectivity index (χ2n) is 5.38. The quantitative estimate of drug-likeness (QED) is 0.364. The summed E-state index contributed by atoms with van der Waals surface area (Å²) in [5, 5.41) is 11.7. The van der Waals surface area contributed by atoms with Crippen LogP contribution in [0.3, 0.4) is 0 Å². The van der Waals surface area contributed by atoms with Gasteiger partial charge in [-0.15, -0.1) is 0 Å². The summed E-state index contributed by atoms with van der Waals surface area (Å²) in [7, 11) is 0. The SMILES string of the molecule is CC.CCC(=NC(CC)=C(C)CC)/C(=C(\C)n1ccnc1C)[N+](=O)[O-]. The van der Waals surface area contributed by atoms with Crippen LogP contribution in [-0.2, 0) is 0 Å². The van der Waals surface area contributed by atoms with Crippen LogP contribution < -0.4 is 0 Å². The number of nitrogens with zero attached hydrogens (tertiary/aromatic N) is 4. The lowest BCUT2D eigenvalue weighted by Crippen LogP contribution is -2.16. The number of hydrogen-bond donors (Lipinski definition) is 0. The van der Waals surface area contributed by atoms with E-state index in [1.165, 1.54) is 0 Å². The fourth-order valence-corrected chi connectivity index (χ4v) is 2.44. The van der Waals surface area contributed by atoms with Crippen LogP contribution in [0.25, 0.3) is 5.70 Å². The summed E-state index contributed by atoms with van der Waals surface area (Å²) in [4.78, 5) is 20.1. The normalized spacial score (nSPS) is 13.5. The van der Waals surface area contributed by atoms with Crippen molar-refractivity contribution in [2.75, 3.05) is 0 Å². The number of imidazole rings is 1. The van der Waals surface area contributed by atoms with Gasteiger partial charge in [0.05, 0.1) is 4.92 Å². The Kier molecular flexibility index (Phi) is 10.3. The Morgan fingerprint density at radius 2 is 1.80 bits per heavy atom. The standard InChI is InChI=1S/C17H26N4O2.C2H6/c1-7-12(4)15(8-2)19-16(9-3)17(21(22)23)13(5)20-11-10-18-14(20)6;1-2/h10-11H,7-9H2,1-6H3;1-2H3/b15-12?,17-13-,19-16?;. The maximum Gasteiger partial charge on any atom is 0.309 e. The minimum Gasteiger partial charge on any atom is -0.301 e. The lowest BCUT2D eigenvalue weighted by Gasteiger charge is -2.10. The predicted molar refractivity (Wildman–Crippen MR) is 105 cm³/mol. The fourth-order valence-electron chi connectivity index (χ4n) is 2.44. The van der Waals surface area contributed by atoms with Gasteiger partial charge in [-0.1, -0.05) is 40.2 Å². The highest BCUT2D eigenvalue weighted by atomic mass is 16.6. The molecule has 0 aliphatic carbocycles. The summed E-state index contributed by atoms with van der Waals surface area (Å²) < 4.78 is 1.73. The first-order valence-electron chi connectivity index (χ1n) is 8.99. The van der Waals surface area contributed by atoms with Crippen LogP contribution in [0.4, 0.5) is 0 Å². The van der Waals surface area contributed by atoms with Crippen LogP contribution >= 0.6 is 0 Å². The second kappa shape index (κ2) is 11.3. The van der Waals surface area contributed by atoms with Gasteiger partial charge in [0.15, 0.2) is 0 Å². The summed E-state index contributed by atoms with van der Waals surface area (Å²) >= 11 is 0. The van der Waals surface area contributed by atoms with E-state index in [9.17, 15) is 10.1 Å². The number of allylic oxidation sites excluding steroid dienone is 4. The van der Waals surface area contributed by atoms with Gasteiger partial charge >= 0.3 is 5.70 Å². The number of aryl methyl sites for hydroxylation is 1. The Bertz CT molecular complexity index is 667. The molecule has 0 saturated heterocycles. The van der Waals surface area contributed by atoms with Crippen molar-refractivity contribution in [3.63, 3.8) is 0 Å². The van der Waals surface area contributed by atoms with Crippen LogP contribution in [0, 0.1) is 17.0 Å². The Hall–Kier alpha value is -2.24. The van der Waals surface area contributed by atoms with Crippen LogP contribution in [0.2, 0.25) is 0 Å². The molecule has 0 aliphatic rings. The van der Waals surface area contributed by atoms with E-state index in [0.717, 1.165) is 24.1 Å². The predicted octanol–water partition coefficient (Wildman–Crippen LogP) is 5.63. The molecule has 0 unspecified atom stereocenters. The average molecular weight is 348 g/mol. The molecular formula is C19H32N4O2. The lowest BCUT2D eigenvalue weighted by atomic mass is 10.1. The monoisotopic (exact) mass is 348 g/mol. The molecule has 6 heteroatoms. The summed E-state index contributed by atoms with van der Waals surface area (Å²) in [5.74, 6) is 0.716. The molecule has 25 heavy (non-hydrogen) atoms. The first kappa shape index (κ1) is 22.8. The van der Waals surface area contributed by atoms with E-state index in [1.54, 1.807) is 23.9 Å². The maximum absolute atomic E-state index is 11.7. The van der Waals surface area contributed by atoms with Crippen LogP contribution in [-0.4, -0.2) is 20.2 Å². The highest BCUT2D eigenvalue weighted by Crippen LogP contribution is 2.20. The van der Waals surface area contributed by atoms with Crippen molar-refractivity contribution < 1.29 is 4.92 Å². The van der Waals surface area contributed by atoms with E-state index in [2.05, 4.69) is 16.9 Å². The van der Waals surface area contributed by atoms with E-state index >= 15 is 0 Å². The smallest absolute Gasteiger partial charge is 0.301 e. The van der Waals surface area contributed by atoms with Gasteiger partial charge in [-0.05, 0) is 40.0 Å². The third-order valence-corrected chi connectivity index (χ3v) is 3.95. The molecule has 0 N–H and O–H groups in total. The van der Waals surface area contributed by atoms with Crippen molar-refractivity contribution in [3.8, 4) is 0 Å². The summed E-state index contributed by atoms with van der Waals surface area (Å²) in [6, 6.07) is 0. The highest BCUT2D eigenvalue weighted by molar-refractivity contribution is 6.02. The minimum atomic E-state index is -0.342. The molecule has 0 spiro atoms. The summed E-state index contributed by atoms with van der Waals surface area (Å²) in [6.07, 6.45) is 5.52. The van der Waals surface area contributed by atoms with Crippen LogP contribution in [0.1, 0.15) is 73.6 Å². The van der Waals surface area contributed by atoms with Gasteiger partial charge in [0.25, 0.3) is 0 Å². The van der Waals surface area contributed by atoms with Gasteiger partial charge in [0, 0.05) is 18.1 Å². The average Bonchev–Trinajstić information content (AvgIpc) is 3.04. The molecule has 0 aliphatic heterocycles. The molecule has 0 atom stereocenters. The Morgan fingerprint density at radius 3 is 2.16 bits per heavy atom. The minimum absolute atomic E-state index is 0.0588. The van der Waals surface area contributed by atoms with E-state index in [-0.39, 0.29) is 10.6 Å². The number of hydrogen-bond acceptors (Lipinski definition) is 4. The van der Waals surface area contributed by atoms with Crippen molar-refractivity contribution >= 4 is 11.4 Å². The zero-order valence-electron chi connectivity index (χ0n) is 16.9. The van der Waals surface area contributed by atoms with Crippen LogP contribution in [0.15, 0.2) is 34.4 Å². The molecule has 0 saturated carbocycles. The van der Waals surface area contributed by atoms with Gasteiger partial charge in [0.1, 0.15) is 17.2 Å². The number of aliphatic imine (C=N–C) groups is 1. The van der Waals surface area contributed by atoms with E-state index in [4.69, 9.17) is 0 Å². The first-order valence-corrected chi connectivity index (χ1v) is 8.99. The van der Waals surface area contributed by atoms with Crippen molar-refractivity contribution in [2.45, 2.75) is 74.7 Å². The van der Waals surface area contributed by atoms with Crippen molar-refractivity contribution in [2.24, 2.45) is 4.99 Å².